The van der Waals surface area contributed by atoms with Crippen molar-refractivity contribution in [3.8, 4) is 5.75 Å². The molecule has 7 heteroatoms. The summed E-state index contributed by atoms with van der Waals surface area (Å²) < 4.78 is 37.4. The van der Waals surface area contributed by atoms with E-state index in [2.05, 4.69) is 0 Å². The predicted molar refractivity (Wildman–Crippen MR) is 83.3 cm³/mol. The monoisotopic (exact) mass is 337 g/mol. The van der Waals surface area contributed by atoms with Crippen molar-refractivity contribution >= 4 is 17.9 Å². The van der Waals surface area contributed by atoms with Gasteiger partial charge in [0.25, 0.3) is 0 Å². The summed E-state index contributed by atoms with van der Waals surface area (Å²) in [7, 11) is 0. The molecule has 2 aliphatic rings. The first-order valence-electron chi connectivity index (χ1n) is 7.23. The molecule has 1 N–H and O–H groups in total. The number of phenolic OH excluding ortho intramolecular Hbond substituents is 1. The lowest BCUT2D eigenvalue weighted by atomic mass is 10.2. The molecule has 0 aliphatic carbocycles. The topological polar surface area (TPSA) is 40.3 Å². The Hall–Kier alpha value is -1.37. The van der Waals surface area contributed by atoms with Gasteiger partial charge in [0.2, 0.25) is 5.91 Å². The molecule has 3 rings (SSSR count). The molecule has 1 aromatic carbocycles. The third kappa shape index (κ3) is 6.60. The molecule has 2 fully saturated rings. The number of alkyl halides is 3. The van der Waals surface area contributed by atoms with E-state index in [4.69, 9.17) is 5.11 Å². The quantitative estimate of drug-likeness (QED) is 0.531. The molecular weight excluding hydrogens is 315 g/mol. The van der Waals surface area contributed by atoms with Gasteiger partial charge in [-0.15, -0.1) is 0 Å². The molecule has 0 radical (unpaired) electrons. The lowest BCUT2D eigenvalue weighted by molar-refractivity contribution is -0.137. The highest BCUT2D eigenvalue weighted by Crippen LogP contribution is 2.47. The molecule has 1 atom stereocenters. The van der Waals surface area contributed by atoms with Crippen LogP contribution in [0.5, 0.6) is 5.75 Å². The molecule has 1 unspecified atom stereocenters. The molecule has 0 spiro atoms. The number of fused-ring (bicyclic) bond motifs is 1. The molecule has 2 aliphatic heterocycles. The maximum Gasteiger partial charge on any atom is 0.416 e. The fraction of sp³-hybridized carbons (Fsp3) is 0.533. The van der Waals surface area contributed by atoms with Crippen LogP contribution in [0.3, 0.4) is 0 Å². The summed E-state index contributed by atoms with van der Waals surface area (Å²) in [5.74, 6) is -0.0465. The molecule has 1 aromatic rings. The Morgan fingerprint density at radius 1 is 1.23 bits per heavy atom. The number of rotatable bonds is 0. The zero-order chi connectivity index (χ0) is 17.3. The summed E-state index contributed by atoms with van der Waals surface area (Å²) in [4.78, 5) is 10.5. The number of halogens is 3. The third-order valence-electron chi connectivity index (χ3n) is 2.48. The number of phenols is 1. The van der Waals surface area contributed by atoms with Gasteiger partial charge in [-0.25, -0.2) is 0 Å². The van der Waals surface area contributed by atoms with Crippen molar-refractivity contribution in [3.63, 3.8) is 0 Å². The maximum absolute atomic E-state index is 11.9. The zero-order valence-corrected chi connectivity index (χ0v) is 14.0. The van der Waals surface area contributed by atoms with Gasteiger partial charge in [0.05, 0.1) is 5.56 Å². The average Bonchev–Trinajstić information content (AvgIpc) is 3.21. The predicted octanol–water partition coefficient (Wildman–Crippen LogP) is 5.06. The summed E-state index contributed by atoms with van der Waals surface area (Å²) in [6.45, 7) is 8.00. The number of carbonyl (C=O) groups is 1. The maximum atomic E-state index is 11.9. The van der Waals surface area contributed by atoms with E-state index in [0.717, 1.165) is 25.0 Å². The molecular formula is C15H22F3NO2S. The molecule has 3 nitrogen and oxygen atoms in total. The van der Waals surface area contributed by atoms with Gasteiger partial charge in [-0.05, 0) is 36.6 Å². The normalized spacial score (nSPS) is 17.9. The molecule has 0 saturated carbocycles. The third-order valence-corrected chi connectivity index (χ3v) is 3.63. The largest absolute Gasteiger partial charge is 0.508 e. The van der Waals surface area contributed by atoms with Crippen LogP contribution in [0, 0.1) is 0 Å². The molecule has 2 saturated heterocycles. The van der Waals surface area contributed by atoms with E-state index in [1.54, 1.807) is 11.9 Å². The van der Waals surface area contributed by atoms with Crippen molar-refractivity contribution < 1.29 is 23.1 Å². The summed E-state index contributed by atoms with van der Waals surface area (Å²) in [6, 6.07) is 3.92. The van der Waals surface area contributed by atoms with E-state index in [9.17, 15) is 18.0 Å². The second-order valence-corrected chi connectivity index (χ2v) is 5.01. The van der Waals surface area contributed by atoms with Crippen LogP contribution in [0.25, 0.3) is 0 Å². The summed E-state index contributed by atoms with van der Waals surface area (Å²) in [5, 5.41) is 9.27. The molecule has 126 valence electrons. The first kappa shape index (κ1) is 20.6. The highest BCUT2D eigenvalue weighted by molar-refractivity contribution is 8.04. The van der Waals surface area contributed by atoms with Crippen molar-refractivity contribution in [1.29, 1.82) is 0 Å². The number of hydrogen-bond acceptors (Lipinski definition) is 3. The number of carbonyl (C=O) groups excluding carboxylic acids is 1. The molecule has 0 bridgehead atoms. The Morgan fingerprint density at radius 3 is 2.05 bits per heavy atom. The van der Waals surface area contributed by atoms with Gasteiger partial charge >= 0.3 is 6.18 Å². The Bertz CT molecular complexity index is 466. The Balaban J connectivity index is 0.000000343. The van der Waals surface area contributed by atoms with Crippen LogP contribution in [-0.2, 0) is 11.0 Å². The number of hydrogen-bond donors (Lipinski definition) is 1. The lowest BCUT2D eigenvalue weighted by Gasteiger charge is -2.05. The van der Waals surface area contributed by atoms with Gasteiger partial charge in [-0.2, -0.15) is 13.2 Å². The number of benzene rings is 1. The Kier molecular flexibility index (Phi) is 9.01. The van der Waals surface area contributed by atoms with Crippen molar-refractivity contribution in [3.05, 3.63) is 29.8 Å². The van der Waals surface area contributed by atoms with Crippen LogP contribution in [0.4, 0.5) is 13.2 Å². The molecule has 22 heavy (non-hydrogen) atoms. The lowest BCUT2D eigenvalue weighted by Crippen LogP contribution is -2.03. The Morgan fingerprint density at radius 2 is 1.82 bits per heavy atom. The van der Waals surface area contributed by atoms with Crippen LogP contribution in [0.1, 0.15) is 46.1 Å². The van der Waals surface area contributed by atoms with E-state index < -0.39 is 11.7 Å². The fourth-order valence-electron chi connectivity index (χ4n) is 1.53. The minimum atomic E-state index is -4.38. The van der Waals surface area contributed by atoms with Crippen molar-refractivity contribution in [1.82, 2.24) is 4.31 Å². The second kappa shape index (κ2) is 9.61. The molecule has 1 amide bonds. The minimum Gasteiger partial charge on any atom is -0.508 e. The van der Waals surface area contributed by atoms with Crippen molar-refractivity contribution in [2.75, 3.05) is 0 Å². The smallest absolute Gasteiger partial charge is 0.416 e. The van der Waals surface area contributed by atoms with E-state index >= 15 is 0 Å². The SMILES string of the molecule is CC.CC.O=C1CCC2SN12.Oc1cccc(C(F)(F)F)c1. The van der Waals surface area contributed by atoms with Crippen LogP contribution in [-0.4, -0.2) is 20.7 Å². The van der Waals surface area contributed by atoms with Gasteiger partial charge in [-0.3, -0.25) is 9.10 Å². The number of amides is 1. The van der Waals surface area contributed by atoms with Crippen LogP contribution >= 0.6 is 11.9 Å². The number of aromatic hydroxyl groups is 1. The van der Waals surface area contributed by atoms with Crippen molar-refractivity contribution in [2.24, 2.45) is 0 Å². The number of nitrogens with zero attached hydrogens (tertiary/aromatic N) is 1. The first-order valence-corrected chi connectivity index (χ1v) is 8.06. The van der Waals surface area contributed by atoms with Gasteiger partial charge in [-0.1, -0.05) is 33.8 Å². The zero-order valence-electron chi connectivity index (χ0n) is 13.1. The summed E-state index contributed by atoms with van der Waals surface area (Å²) in [6.07, 6.45) is -2.50. The average molecular weight is 337 g/mol. The van der Waals surface area contributed by atoms with Gasteiger partial charge in [0.1, 0.15) is 11.1 Å². The first-order chi connectivity index (χ1) is 10.4. The van der Waals surface area contributed by atoms with Crippen molar-refractivity contribution in [2.45, 2.75) is 52.1 Å². The van der Waals surface area contributed by atoms with Crippen LogP contribution in [0.2, 0.25) is 0 Å². The van der Waals surface area contributed by atoms with Crippen LogP contribution in [0.15, 0.2) is 24.3 Å². The summed E-state index contributed by atoms with van der Waals surface area (Å²) in [5.41, 5.74) is -0.836. The van der Waals surface area contributed by atoms with Gasteiger partial charge in [0, 0.05) is 6.42 Å². The highest BCUT2D eigenvalue weighted by atomic mass is 32.2. The molecule has 2 heterocycles. The molecule has 0 aromatic heterocycles. The fourth-order valence-corrected chi connectivity index (χ4v) is 2.40. The standard InChI is InChI=1S/C7H5F3O.C4H5NOS.2C2H6/c8-7(9,10)5-2-1-3-6(11)4-5;6-3-1-2-4-5(3)7-4;2*1-2/h1-4,11H;4H,1-2H2;2*1-2H3. The van der Waals surface area contributed by atoms with Gasteiger partial charge in [0.15, 0.2) is 0 Å². The second-order valence-electron chi connectivity index (χ2n) is 3.87. The van der Waals surface area contributed by atoms with Crippen LogP contribution < -0.4 is 0 Å². The summed E-state index contributed by atoms with van der Waals surface area (Å²) >= 11 is 1.67. The highest BCUT2D eigenvalue weighted by Gasteiger charge is 2.45. The van der Waals surface area contributed by atoms with E-state index in [-0.39, 0.29) is 5.75 Å². The Labute approximate surface area is 133 Å². The minimum absolute atomic E-state index is 0.329. The van der Waals surface area contributed by atoms with E-state index in [0.29, 0.717) is 17.3 Å². The van der Waals surface area contributed by atoms with E-state index in [1.807, 2.05) is 32.0 Å². The van der Waals surface area contributed by atoms with E-state index in [1.165, 1.54) is 6.07 Å². The van der Waals surface area contributed by atoms with Gasteiger partial charge < -0.3 is 5.11 Å².